The molecule has 0 amide bonds. The minimum absolute atomic E-state index is 0.801. The van der Waals surface area contributed by atoms with Crippen LogP contribution in [0.4, 0.5) is 0 Å². The number of hydrogen-bond acceptors (Lipinski definition) is 1. The van der Waals surface area contributed by atoms with Gasteiger partial charge in [0, 0.05) is 30.2 Å². The lowest BCUT2D eigenvalue weighted by Gasteiger charge is -2.14. The summed E-state index contributed by atoms with van der Waals surface area (Å²) in [4.78, 5) is 0. The Bertz CT molecular complexity index is 496. The van der Waals surface area contributed by atoms with Crippen molar-refractivity contribution in [1.29, 1.82) is 0 Å². The van der Waals surface area contributed by atoms with Crippen molar-refractivity contribution in [2.45, 2.75) is 40.2 Å². The van der Waals surface area contributed by atoms with Crippen LogP contribution in [-0.2, 0) is 13.6 Å². The smallest absolute Gasteiger partial charge is 0.0483 e. The van der Waals surface area contributed by atoms with Crippen LogP contribution in [0.3, 0.4) is 0 Å². The third-order valence-electron chi connectivity index (χ3n) is 4.39. The van der Waals surface area contributed by atoms with Crippen molar-refractivity contribution in [3.63, 3.8) is 0 Å². The number of fused-ring (bicyclic) bond motifs is 1. The molecule has 104 valence electrons. The second kappa shape index (κ2) is 6.25. The molecule has 0 atom stereocenters. The van der Waals surface area contributed by atoms with E-state index in [9.17, 15) is 0 Å². The lowest BCUT2D eigenvalue weighted by Crippen LogP contribution is -2.23. The average Bonchev–Trinajstić information content (AvgIpc) is 2.69. The maximum absolute atomic E-state index is 3.63. The van der Waals surface area contributed by atoms with Crippen molar-refractivity contribution in [2.75, 3.05) is 6.54 Å². The maximum Gasteiger partial charge on any atom is 0.0483 e. The Kier molecular flexibility index (Phi) is 4.65. The van der Waals surface area contributed by atoms with Crippen LogP contribution in [0.2, 0.25) is 0 Å². The molecule has 19 heavy (non-hydrogen) atoms. The molecule has 0 saturated carbocycles. The summed E-state index contributed by atoms with van der Waals surface area (Å²) in [5.74, 6) is 0.801. The Morgan fingerprint density at radius 3 is 2.47 bits per heavy atom. The van der Waals surface area contributed by atoms with E-state index in [1.165, 1.54) is 35.0 Å². The second-order valence-electron chi connectivity index (χ2n) is 5.46. The highest BCUT2D eigenvalue weighted by atomic mass is 15.0. The molecule has 1 aromatic carbocycles. The van der Waals surface area contributed by atoms with Crippen molar-refractivity contribution in [1.82, 2.24) is 9.88 Å². The van der Waals surface area contributed by atoms with Crippen molar-refractivity contribution in [3.05, 3.63) is 35.5 Å². The van der Waals surface area contributed by atoms with Crippen LogP contribution in [0, 0.1) is 12.8 Å². The zero-order valence-corrected chi connectivity index (χ0v) is 12.7. The van der Waals surface area contributed by atoms with E-state index in [0.29, 0.717) is 0 Å². The van der Waals surface area contributed by atoms with E-state index < -0.39 is 0 Å². The normalized spacial score (nSPS) is 11.6. The van der Waals surface area contributed by atoms with Gasteiger partial charge >= 0.3 is 0 Å². The third kappa shape index (κ3) is 2.84. The van der Waals surface area contributed by atoms with E-state index in [-0.39, 0.29) is 0 Å². The molecule has 0 aliphatic rings. The van der Waals surface area contributed by atoms with Gasteiger partial charge in [0.05, 0.1) is 0 Å². The summed E-state index contributed by atoms with van der Waals surface area (Å²) in [6.07, 6.45) is 2.52. The summed E-state index contributed by atoms with van der Waals surface area (Å²) in [5.41, 5.74) is 4.15. The molecule has 0 fully saturated rings. The molecule has 1 heterocycles. The van der Waals surface area contributed by atoms with Crippen LogP contribution in [0.5, 0.6) is 0 Å². The average molecular weight is 258 g/mol. The molecule has 0 radical (unpaired) electrons. The van der Waals surface area contributed by atoms with Gasteiger partial charge in [0.15, 0.2) is 0 Å². The molecule has 2 rings (SSSR count). The quantitative estimate of drug-likeness (QED) is 0.828. The first-order chi connectivity index (χ1) is 9.19. The molecule has 0 spiro atoms. The maximum atomic E-state index is 3.63. The van der Waals surface area contributed by atoms with Crippen LogP contribution >= 0.6 is 0 Å². The Hall–Kier alpha value is -1.28. The van der Waals surface area contributed by atoms with E-state index in [4.69, 9.17) is 0 Å². The number of aromatic nitrogens is 1. The van der Waals surface area contributed by atoms with Gasteiger partial charge in [-0.15, -0.1) is 0 Å². The molecular weight excluding hydrogens is 232 g/mol. The zero-order valence-electron chi connectivity index (χ0n) is 12.7. The summed E-state index contributed by atoms with van der Waals surface area (Å²) in [6.45, 7) is 8.87. The van der Waals surface area contributed by atoms with E-state index in [1.54, 1.807) is 0 Å². The van der Waals surface area contributed by atoms with Crippen molar-refractivity contribution in [3.8, 4) is 0 Å². The molecule has 0 aliphatic heterocycles. The first kappa shape index (κ1) is 14.1. The van der Waals surface area contributed by atoms with Crippen LogP contribution in [0.1, 0.15) is 37.9 Å². The fraction of sp³-hybridized carbons (Fsp3) is 0.529. The summed E-state index contributed by atoms with van der Waals surface area (Å²) in [5, 5.41) is 5.00. The predicted molar refractivity (Wildman–Crippen MR) is 83.4 cm³/mol. The standard InChI is InChI=1S/C17H26N2/c1-5-14(6-2)11-18-12-17-13(3)15-9-7-8-10-16(15)19(17)4/h7-10,14,18H,5-6,11-12H2,1-4H3. The summed E-state index contributed by atoms with van der Waals surface area (Å²) >= 11 is 0. The molecular formula is C17H26N2. The number of benzene rings is 1. The number of rotatable bonds is 6. The molecule has 1 N–H and O–H groups in total. The van der Waals surface area contributed by atoms with E-state index in [2.05, 4.69) is 62.0 Å². The lowest BCUT2D eigenvalue weighted by atomic mass is 10.0. The van der Waals surface area contributed by atoms with Gasteiger partial charge in [-0.1, -0.05) is 44.9 Å². The van der Waals surface area contributed by atoms with Crippen molar-refractivity contribution >= 4 is 10.9 Å². The summed E-state index contributed by atoms with van der Waals surface area (Å²) in [6, 6.07) is 8.65. The van der Waals surface area contributed by atoms with Gasteiger partial charge in [-0.3, -0.25) is 0 Å². The first-order valence-electron chi connectivity index (χ1n) is 7.42. The van der Waals surface area contributed by atoms with Crippen LogP contribution in [0.25, 0.3) is 10.9 Å². The molecule has 2 heteroatoms. The van der Waals surface area contributed by atoms with Crippen molar-refractivity contribution < 1.29 is 0 Å². The summed E-state index contributed by atoms with van der Waals surface area (Å²) in [7, 11) is 2.17. The minimum Gasteiger partial charge on any atom is -0.346 e. The largest absolute Gasteiger partial charge is 0.346 e. The number of aryl methyl sites for hydroxylation is 2. The van der Waals surface area contributed by atoms with Gasteiger partial charge < -0.3 is 9.88 Å². The minimum atomic E-state index is 0.801. The van der Waals surface area contributed by atoms with Crippen LogP contribution < -0.4 is 5.32 Å². The van der Waals surface area contributed by atoms with Gasteiger partial charge in [0.1, 0.15) is 0 Å². The van der Waals surface area contributed by atoms with E-state index >= 15 is 0 Å². The molecule has 2 aromatic rings. The Morgan fingerprint density at radius 2 is 1.84 bits per heavy atom. The van der Waals surface area contributed by atoms with Gasteiger partial charge in [-0.25, -0.2) is 0 Å². The van der Waals surface area contributed by atoms with Crippen LogP contribution in [-0.4, -0.2) is 11.1 Å². The van der Waals surface area contributed by atoms with Crippen LogP contribution in [0.15, 0.2) is 24.3 Å². The monoisotopic (exact) mass is 258 g/mol. The highest BCUT2D eigenvalue weighted by molar-refractivity contribution is 5.85. The van der Waals surface area contributed by atoms with Crippen molar-refractivity contribution in [2.24, 2.45) is 13.0 Å². The van der Waals surface area contributed by atoms with Gasteiger partial charge in [-0.2, -0.15) is 0 Å². The Morgan fingerprint density at radius 1 is 1.16 bits per heavy atom. The molecule has 0 unspecified atom stereocenters. The molecule has 2 nitrogen and oxygen atoms in total. The second-order valence-corrected chi connectivity index (χ2v) is 5.46. The molecule has 0 saturated heterocycles. The Balaban J connectivity index is 2.13. The fourth-order valence-corrected chi connectivity index (χ4v) is 2.86. The number of hydrogen-bond donors (Lipinski definition) is 1. The van der Waals surface area contributed by atoms with Gasteiger partial charge in [0.2, 0.25) is 0 Å². The van der Waals surface area contributed by atoms with Gasteiger partial charge in [-0.05, 0) is 31.0 Å². The zero-order chi connectivity index (χ0) is 13.8. The highest BCUT2D eigenvalue weighted by Gasteiger charge is 2.11. The topological polar surface area (TPSA) is 17.0 Å². The molecule has 0 bridgehead atoms. The predicted octanol–water partition coefficient (Wildman–Crippen LogP) is 4.01. The first-order valence-corrected chi connectivity index (χ1v) is 7.42. The van der Waals surface area contributed by atoms with E-state index in [0.717, 1.165) is 19.0 Å². The molecule has 1 aromatic heterocycles. The fourth-order valence-electron chi connectivity index (χ4n) is 2.86. The third-order valence-corrected chi connectivity index (χ3v) is 4.39. The number of nitrogens with one attached hydrogen (secondary N) is 1. The SMILES string of the molecule is CCC(CC)CNCc1c(C)c2ccccc2n1C. The number of para-hydroxylation sites is 1. The van der Waals surface area contributed by atoms with Gasteiger partial charge in [0.25, 0.3) is 0 Å². The van der Waals surface area contributed by atoms with E-state index in [1.807, 2.05) is 0 Å². The highest BCUT2D eigenvalue weighted by Crippen LogP contribution is 2.24. The Labute approximate surface area is 116 Å². The lowest BCUT2D eigenvalue weighted by molar-refractivity contribution is 0.446. The molecule has 0 aliphatic carbocycles. The number of nitrogens with zero attached hydrogens (tertiary/aromatic N) is 1. The summed E-state index contributed by atoms with van der Waals surface area (Å²) < 4.78 is 2.32.